The molecule has 0 bridgehead atoms. The Kier molecular flexibility index (Phi) is 3.47. The summed E-state index contributed by atoms with van der Waals surface area (Å²) in [5, 5.41) is 2.05. The molecule has 0 atom stereocenters. The lowest BCUT2D eigenvalue weighted by Crippen LogP contribution is -1.89. The summed E-state index contributed by atoms with van der Waals surface area (Å²) in [5.41, 5.74) is 1.77. The van der Waals surface area contributed by atoms with Crippen molar-refractivity contribution in [2.45, 2.75) is 0 Å². The summed E-state index contributed by atoms with van der Waals surface area (Å²) in [7, 11) is 0. The van der Waals surface area contributed by atoms with Crippen molar-refractivity contribution >= 4 is 85.5 Å². The highest BCUT2D eigenvalue weighted by Gasteiger charge is 2.13. The van der Waals surface area contributed by atoms with Crippen LogP contribution in [0.4, 0.5) is 0 Å². The minimum Gasteiger partial charge on any atom is -0.253 e. The summed E-state index contributed by atoms with van der Waals surface area (Å²) in [5.74, 6) is 0. The van der Waals surface area contributed by atoms with Crippen LogP contribution in [-0.2, 0) is 0 Å². The predicted octanol–water partition coefficient (Wildman–Crippen LogP) is 5.83. The molecule has 3 rings (SSSR count). The van der Waals surface area contributed by atoms with Crippen LogP contribution in [0.5, 0.6) is 0 Å². The molecule has 90 valence electrons. The van der Waals surface area contributed by atoms with E-state index >= 15 is 0 Å². The highest BCUT2D eigenvalue weighted by atomic mass is 79.9. The number of pyridine rings is 2. The van der Waals surface area contributed by atoms with Crippen LogP contribution < -0.4 is 0 Å². The van der Waals surface area contributed by atoms with E-state index in [-0.39, 0.29) is 0 Å². The van der Waals surface area contributed by atoms with Crippen molar-refractivity contribution in [3.63, 3.8) is 0 Å². The van der Waals surface area contributed by atoms with E-state index in [2.05, 4.69) is 73.7 Å². The maximum atomic E-state index is 4.46. The van der Waals surface area contributed by atoms with Gasteiger partial charge in [0.15, 0.2) is 0 Å². The predicted molar refractivity (Wildman–Crippen MR) is 87.8 cm³/mol. The fourth-order valence-electron chi connectivity index (χ4n) is 1.83. The second-order valence-electron chi connectivity index (χ2n) is 3.73. The van der Waals surface area contributed by atoms with Crippen LogP contribution >= 0.6 is 63.7 Å². The summed E-state index contributed by atoms with van der Waals surface area (Å²) < 4.78 is 3.86. The SMILES string of the molecule is Brc1cnc2c(c1)c(Br)c(Br)c1cc(Br)cnc12. The first kappa shape index (κ1) is 13.0. The van der Waals surface area contributed by atoms with Gasteiger partial charge in [-0.2, -0.15) is 0 Å². The molecule has 2 heterocycles. The molecule has 0 N–H and O–H groups in total. The van der Waals surface area contributed by atoms with Crippen molar-refractivity contribution in [1.29, 1.82) is 0 Å². The van der Waals surface area contributed by atoms with Gasteiger partial charge in [0.1, 0.15) is 0 Å². The van der Waals surface area contributed by atoms with E-state index in [1.807, 2.05) is 12.1 Å². The molecule has 0 saturated heterocycles. The summed E-state index contributed by atoms with van der Waals surface area (Å²) in [6.07, 6.45) is 3.57. The minimum absolute atomic E-state index is 0.885. The largest absolute Gasteiger partial charge is 0.253 e. The van der Waals surface area contributed by atoms with Gasteiger partial charge in [-0.25, -0.2) is 0 Å². The molecular weight excluding hydrogens is 492 g/mol. The Hall–Kier alpha value is -0.0400. The first-order valence-electron chi connectivity index (χ1n) is 4.95. The molecule has 0 amide bonds. The van der Waals surface area contributed by atoms with Gasteiger partial charge in [-0.15, -0.1) is 0 Å². The number of hydrogen-bond acceptors (Lipinski definition) is 2. The number of benzene rings is 1. The average molecular weight is 496 g/mol. The lowest BCUT2D eigenvalue weighted by atomic mass is 10.1. The summed E-state index contributed by atoms with van der Waals surface area (Å²) in [6.45, 7) is 0. The Morgan fingerprint density at radius 1 is 0.667 bits per heavy atom. The zero-order valence-corrected chi connectivity index (χ0v) is 15.1. The van der Waals surface area contributed by atoms with Crippen molar-refractivity contribution in [3.05, 3.63) is 42.4 Å². The molecular formula is C12H4Br4N2. The molecule has 3 aromatic rings. The molecule has 2 aromatic heterocycles. The van der Waals surface area contributed by atoms with Crippen LogP contribution in [0, 0.1) is 0 Å². The van der Waals surface area contributed by atoms with E-state index in [9.17, 15) is 0 Å². The van der Waals surface area contributed by atoms with Crippen LogP contribution in [0.25, 0.3) is 21.8 Å². The third kappa shape index (κ3) is 2.03. The number of hydrogen-bond donors (Lipinski definition) is 0. The van der Waals surface area contributed by atoms with Crippen LogP contribution in [0.1, 0.15) is 0 Å². The van der Waals surface area contributed by atoms with Crippen molar-refractivity contribution in [1.82, 2.24) is 9.97 Å². The molecule has 0 spiro atoms. The lowest BCUT2D eigenvalue weighted by molar-refractivity contribution is 1.35. The van der Waals surface area contributed by atoms with E-state index in [0.29, 0.717) is 0 Å². The molecule has 0 aliphatic carbocycles. The van der Waals surface area contributed by atoms with Gasteiger partial charge < -0.3 is 0 Å². The van der Waals surface area contributed by atoms with Crippen molar-refractivity contribution in [3.8, 4) is 0 Å². The second-order valence-corrected chi connectivity index (χ2v) is 7.14. The first-order valence-corrected chi connectivity index (χ1v) is 8.12. The standard InChI is InChI=1S/C12H4Br4N2/c13-5-1-7-9(15)10(16)8-2-6(14)4-18-12(8)11(7)17-3-5/h1-4H. The molecule has 0 aliphatic heterocycles. The third-order valence-electron chi connectivity index (χ3n) is 2.60. The summed E-state index contributed by atoms with van der Waals surface area (Å²) in [4.78, 5) is 8.93. The Morgan fingerprint density at radius 2 is 1.06 bits per heavy atom. The first-order chi connectivity index (χ1) is 8.58. The maximum absolute atomic E-state index is 4.46. The Bertz CT molecular complexity index is 719. The quantitative estimate of drug-likeness (QED) is 0.367. The van der Waals surface area contributed by atoms with Crippen molar-refractivity contribution in [2.24, 2.45) is 0 Å². The monoisotopic (exact) mass is 492 g/mol. The normalized spacial score (nSPS) is 11.3. The van der Waals surface area contributed by atoms with Crippen LogP contribution in [-0.4, -0.2) is 9.97 Å². The van der Waals surface area contributed by atoms with Crippen LogP contribution in [0.3, 0.4) is 0 Å². The Labute approximate surface area is 137 Å². The van der Waals surface area contributed by atoms with Crippen molar-refractivity contribution in [2.75, 3.05) is 0 Å². The fourth-order valence-corrected chi connectivity index (χ4v) is 3.52. The number of fused-ring (bicyclic) bond motifs is 3. The molecule has 2 nitrogen and oxygen atoms in total. The molecule has 0 saturated carbocycles. The van der Waals surface area contributed by atoms with Gasteiger partial charge in [0.2, 0.25) is 0 Å². The van der Waals surface area contributed by atoms with Gasteiger partial charge in [0.05, 0.1) is 11.0 Å². The molecule has 6 heteroatoms. The fraction of sp³-hybridized carbons (Fsp3) is 0. The number of nitrogens with zero attached hydrogens (tertiary/aromatic N) is 2. The van der Waals surface area contributed by atoms with Gasteiger partial charge >= 0.3 is 0 Å². The van der Waals surface area contributed by atoms with Gasteiger partial charge in [-0.3, -0.25) is 9.97 Å². The van der Waals surface area contributed by atoms with E-state index < -0.39 is 0 Å². The average Bonchev–Trinajstić information content (AvgIpc) is 2.36. The smallest absolute Gasteiger partial charge is 0.0977 e. The van der Waals surface area contributed by atoms with Gasteiger partial charge in [0.25, 0.3) is 0 Å². The Balaban J connectivity index is 2.62. The molecule has 0 unspecified atom stereocenters. The van der Waals surface area contributed by atoms with E-state index in [4.69, 9.17) is 0 Å². The topological polar surface area (TPSA) is 25.8 Å². The maximum Gasteiger partial charge on any atom is 0.0977 e. The number of aromatic nitrogens is 2. The lowest BCUT2D eigenvalue weighted by Gasteiger charge is -2.08. The van der Waals surface area contributed by atoms with Crippen LogP contribution in [0.15, 0.2) is 42.4 Å². The third-order valence-corrected chi connectivity index (χ3v) is 5.65. The zero-order chi connectivity index (χ0) is 12.9. The summed E-state index contributed by atoms with van der Waals surface area (Å²) >= 11 is 14.1. The minimum atomic E-state index is 0.885. The van der Waals surface area contributed by atoms with Gasteiger partial charge in [-0.05, 0) is 75.9 Å². The highest BCUT2D eigenvalue weighted by molar-refractivity contribution is 9.13. The van der Waals surface area contributed by atoms with Crippen LogP contribution in [0.2, 0.25) is 0 Å². The van der Waals surface area contributed by atoms with E-state index in [1.165, 1.54) is 0 Å². The summed E-state index contributed by atoms with van der Waals surface area (Å²) in [6, 6.07) is 4.06. The number of halogens is 4. The molecule has 18 heavy (non-hydrogen) atoms. The van der Waals surface area contributed by atoms with Crippen molar-refractivity contribution < 1.29 is 0 Å². The Morgan fingerprint density at radius 3 is 1.44 bits per heavy atom. The molecule has 1 aromatic carbocycles. The van der Waals surface area contributed by atoms with Gasteiger partial charge in [0, 0.05) is 41.1 Å². The highest BCUT2D eigenvalue weighted by Crippen LogP contribution is 2.39. The van der Waals surface area contributed by atoms with E-state index in [0.717, 1.165) is 39.7 Å². The van der Waals surface area contributed by atoms with Gasteiger partial charge in [-0.1, -0.05) is 0 Å². The number of rotatable bonds is 0. The molecule has 0 fully saturated rings. The second kappa shape index (κ2) is 4.81. The zero-order valence-electron chi connectivity index (χ0n) is 8.72. The molecule has 0 aliphatic rings. The molecule has 0 radical (unpaired) electrons. The van der Waals surface area contributed by atoms with E-state index in [1.54, 1.807) is 12.4 Å².